The van der Waals surface area contributed by atoms with Crippen molar-refractivity contribution in [2.75, 3.05) is 11.8 Å². The van der Waals surface area contributed by atoms with Crippen LogP contribution in [0.5, 0.6) is 0 Å². The van der Waals surface area contributed by atoms with Crippen molar-refractivity contribution in [2.24, 2.45) is 0 Å². The van der Waals surface area contributed by atoms with Crippen LogP contribution in [-0.4, -0.2) is 31.5 Å². The van der Waals surface area contributed by atoms with Crippen LogP contribution in [0.15, 0.2) is 59.8 Å². The quantitative estimate of drug-likeness (QED) is 0.729. The minimum absolute atomic E-state index is 0.0342. The smallest absolute Gasteiger partial charge is 0.339 e. The number of rotatable bonds is 4. The normalized spacial score (nSPS) is 11.2. The number of anilines is 1. The molecule has 0 unspecified atom stereocenters. The van der Waals surface area contributed by atoms with Crippen LogP contribution in [0.1, 0.15) is 10.4 Å². The van der Waals surface area contributed by atoms with Crippen molar-refractivity contribution in [3.63, 3.8) is 0 Å². The number of fused-ring (bicyclic) bond motifs is 1. The number of sulfonamides is 1. The Morgan fingerprint density at radius 1 is 1.04 bits per heavy atom. The minimum atomic E-state index is -3.97. The van der Waals surface area contributed by atoms with Gasteiger partial charge < -0.3 is 4.74 Å². The number of nitrogens with one attached hydrogen (secondary N) is 1. The molecule has 0 atom stereocenters. The summed E-state index contributed by atoms with van der Waals surface area (Å²) >= 11 is 0. The number of hydrogen-bond donors (Lipinski definition) is 1. The highest BCUT2D eigenvalue weighted by Gasteiger charge is 2.22. The average molecular weight is 343 g/mol. The Hall–Kier alpha value is -3.00. The molecule has 0 bridgehead atoms. The molecule has 1 heterocycles. The van der Waals surface area contributed by atoms with E-state index in [1.165, 1.54) is 31.5 Å². The second-order valence-electron chi connectivity index (χ2n) is 4.85. The predicted octanol–water partition coefficient (Wildman–Crippen LogP) is 2.22. The van der Waals surface area contributed by atoms with Crippen molar-refractivity contribution in [3.8, 4) is 0 Å². The van der Waals surface area contributed by atoms with Crippen molar-refractivity contribution in [2.45, 2.75) is 4.90 Å². The molecular formula is C16H13N3O4S. The molecule has 122 valence electrons. The van der Waals surface area contributed by atoms with Gasteiger partial charge in [-0.3, -0.25) is 14.7 Å². The molecule has 0 aliphatic rings. The van der Waals surface area contributed by atoms with Gasteiger partial charge in [0.2, 0.25) is 0 Å². The van der Waals surface area contributed by atoms with E-state index in [0.717, 1.165) is 0 Å². The Labute approximate surface area is 138 Å². The number of nitrogens with zero attached hydrogens (tertiary/aromatic N) is 2. The second-order valence-corrected chi connectivity index (χ2v) is 6.50. The number of carbonyl (C=O) groups excluding carboxylic acids is 1. The van der Waals surface area contributed by atoms with Crippen LogP contribution in [0.4, 0.5) is 5.69 Å². The molecule has 3 aromatic rings. The number of aromatic nitrogens is 2. The molecule has 1 N–H and O–H groups in total. The first-order chi connectivity index (χ1) is 11.5. The highest BCUT2D eigenvalue weighted by molar-refractivity contribution is 7.92. The van der Waals surface area contributed by atoms with Gasteiger partial charge in [0.1, 0.15) is 4.90 Å². The predicted molar refractivity (Wildman–Crippen MR) is 88.1 cm³/mol. The Balaban J connectivity index is 2.00. The summed E-state index contributed by atoms with van der Waals surface area (Å²) in [7, 11) is -2.77. The van der Waals surface area contributed by atoms with Crippen LogP contribution in [0.25, 0.3) is 11.0 Å². The van der Waals surface area contributed by atoms with Crippen LogP contribution < -0.4 is 4.72 Å². The van der Waals surface area contributed by atoms with Gasteiger partial charge in [0.15, 0.2) is 0 Å². The molecule has 0 aliphatic carbocycles. The maximum Gasteiger partial charge on any atom is 0.339 e. The van der Waals surface area contributed by atoms with E-state index in [1.54, 1.807) is 30.5 Å². The van der Waals surface area contributed by atoms with Gasteiger partial charge in [-0.1, -0.05) is 12.1 Å². The number of ether oxygens (including phenoxy) is 1. The number of esters is 1. The third kappa shape index (κ3) is 3.04. The number of hydrogen-bond acceptors (Lipinski definition) is 6. The van der Waals surface area contributed by atoms with E-state index in [2.05, 4.69) is 19.4 Å². The molecule has 0 aliphatic heterocycles. The second kappa shape index (κ2) is 6.25. The highest BCUT2D eigenvalue weighted by Crippen LogP contribution is 2.22. The van der Waals surface area contributed by atoms with Gasteiger partial charge >= 0.3 is 5.97 Å². The van der Waals surface area contributed by atoms with E-state index in [4.69, 9.17) is 0 Å². The van der Waals surface area contributed by atoms with Crippen molar-refractivity contribution in [1.29, 1.82) is 0 Å². The zero-order chi connectivity index (χ0) is 17.2. The van der Waals surface area contributed by atoms with E-state index in [1.807, 2.05) is 0 Å². The summed E-state index contributed by atoms with van der Waals surface area (Å²) in [5, 5.41) is 0. The number of carbonyl (C=O) groups is 1. The van der Waals surface area contributed by atoms with Gasteiger partial charge in [-0.2, -0.15) is 0 Å². The zero-order valence-electron chi connectivity index (χ0n) is 12.6. The van der Waals surface area contributed by atoms with E-state index < -0.39 is 16.0 Å². The molecule has 0 saturated carbocycles. The van der Waals surface area contributed by atoms with Crippen LogP contribution in [0, 0.1) is 0 Å². The van der Waals surface area contributed by atoms with Gasteiger partial charge in [0.25, 0.3) is 10.0 Å². The highest BCUT2D eigenvalue weighted by atomic mass is 32.2. The fraction of sp³-hybridized carbons (Fsp3) is 0.0625. The van der Waals surface area contributed by atoms with Crippen LogP contribution in [0.3, 0.4) is 0 Å². The summed E-state index contributed by atoms with van der Waals surface area (Å²) in [6.45, 7) is 0. The SMILES string of the molecule is COC(=O)c1ccccc1S(=O)(=O)Nc1ccc2nccnc2c1. The molecule has 0 fully saturated rings. The lowest BCUT2D eigenvalue weighted by molar-refractivity contribution is 0.0596. The lowest BCUT2D eigenvalue weighted by Gasteiger charge is -2.11. The van der Waals surface area contributed by atoms with E-state index in [-0.39, 0.29) is 10.5 Å². The third-order valence-corrected chi connectivity index (χ3v) is 4.74. The van der Waals surface area contributed by atoms with Crippen molar-refractivity contribution in [3.05, 3.63) is 60.4 Å². The molecule has 3 rings (SSSR count). The Bertz CT molecular complexity index is 1020. The summed E-state index contributed by atoms with van der Waals surface area (Å²) in [4.78, 5) is 19.9. The molecule has 0 saturated heterocycles. The molecule has 0 radical (unpaired) electrons. The maximum atomic E-state index is 12.6. The maximum absolute atomic E-state index is 12.6. The Kier molecular flexibility index (Phi) is 4.13. The largest absolute Gasteiger partial charge is 0.465 e. The minimum Gasteiger partial charge on any atom is -0.465 e. The molecule has 1 aromatic heterocycles. The fourth-order valence-corrected chi connectivity index (χ4v) is 3.46. The summed E-state index contributed by atoms with van der Waals surface area (Å²) in [6, 6.07) is 10.6. The molecule has 0 amide bonds. The Morgan fingerprint density at radius 2 is 1.75 bits per heavy atom. The fourth-order valence-electron chi connectivity index (χ4n) is 2.22. The van der Waals surface area contributed by atoms with Gasteiger partial charge in [0, 0.05) is 12.4 Å². The zero-order valence-corrected chi connectivity index (χ0v) is 13.4. The summed E-state index contributed by atoms with van der Waals surface area (Å²) in [6.07, 6.45) is 3.08. The molecule has 0 spiro atoms. The Morgan fingerprint density at radius 3 is 2.50 bits per heavy atom. The number of benzene rings is 2. The van der Waals surface area contributed by atoms with E-state index in [0.29, 0.717) is 16.7 Å². The van der Waals surface area contributed by atoms with Crippen LogP contribution in [0.2, 0.25) is 0 Å². The molecule has 8 heteroatoms. The first-order valence-corrected chi connectivity index (χ1v) is 8.40. The first-order valence-electron chi connectivity index (χ1n) is 6.92. The average Bonchev–Trinajstić information content (AvgIpc) is 2.60. The van der Waals surface area contributed by atoms with E-state index in [9.17, 15) is 13.2 Å². The standard InChI is InChI=1S/C16H13N3O4S/c1-23-16(20)12-4-2-3-5-15(12)24(21,22)19-11-6-7-13-14(10-11)18-9-8-17-13/h2-10,19H,1H3. The monoisotopic (exact) mass is 343 g/mol. The van der Waals surface area contributed by atoms with Crippen LogP contribution in [-0.2, 0) is 14.8 Å². The van der Waals surface area contributed by atoms with Gasteiger partial charge in [-0.25, -0.2) is 13.2 Å². The van der Waals surface area contributed by atoms with Gasteiger partial charge in [-0.15, -0.1) is 0 Å². The summed E-state index contributed by atoms with van der Waals surface area (Å²) in [5.41, 5.74) is 1.49. The summed E-state index contributed by atoms with van der Waals surface area (Å²) in [5.74, 6) is -0.722. The molecular weight excluding hydrogens is 330 g/mol. The molecule has 24 heavy (non-hydrogen) atoms. The van der Waals surface area contributed by atoms with Gasteiger partial charge in [-0.05, 0) is 30.3 Å². The lowest BCUT2D eigenvalue weighted by atomic mass is 10.2. The van der Waals surface area contributed by atoms with E-state index >= 15 is 0 Å². The van der Waals surface area contributed by atoms with Crippen molar-refractivity contribution >= 4 is 32.7 Å². The lowest BCUT2D eigenvalue weighted by Crippen LogP contribution is -2.17. The van der Waals surface area contributed by atoms with Gasteiger partial charge in [0.05, 0.1) is 29.4 Å². The van der Waals surface area contributed by atoms with Crippen molar-refractivity contribution < 1.29 is 17.9 Å². The third-order valence-electron chi connectivity index (χ3n) is 3.30. The summed E-state index contributed by atoms with van der Waals surface area (Å²) < 4.78 is 32.3. The molecule has 2 aromatic carbocycles. The number of methoxy groups -OCH3 is 1. The van der Waals surface area contributed by atoms with Crippen LogP contribution >= 0.6 is 0 Å². The topological polar surface area (TPSA) is 98.2 Å². The van der Waals surface area contributed by atoms with Crippen molar-refractivity contribution in [1.82, 2.24) is 9.97 Å². The molecule has 7 nitrogen and oxygen atoms in total. The first kappa shape index (κ1) is 15.9.